The van der Waals surface area contributed by atoms with Crippen molar-refractivity contribution in [2.75, 3.05) is 4.90 Å². The van der Waals surface area contributed by atoms with Gasteiger partial charge in [0.15, 0.2) is 0 Å². The van der Waals surface area contributed by atoms with Crippen molar-refractivity contribution in [3.8, 4) is 0 Å². The fourth-order valence-corrected chi connectivity index (χ4v) is 4.70. The minimum absolute atomic E-state index is 0.137. The van der Waals surface area contributed by atoms with Gasteiger partial charge in [-0.1, -0.05) is 35.9 Å². The van der Waals surface area contributed by atoms with Gasteiger partial charge in [0.05, 0.1) is 16.5 Å². The van der Waals surface area contributed by atoms with Crippen LogP contribution in [0, 0.1) is 22.9 Å². The number of hydrogen-bond acceptors (Lipinski definition) is 5. The number of fused-ring (bicyclic) bond motifs is 1. The number of imide groups is 1. The molecule has 34 heavy (non-hydrogen) atoms. The molecule has 2 heterocycles. The Morgan fingerprint density at radius 3 is 2.26 bits per heavy atom. The Labute approximate surface area is 197 Å². The number of β-lactam (4-membered cyclic amide) rings is 1. The van der Waals surface area contributed by atoms with Crippen LogP contribution in [0.4, 0.5) is 15.8 Å². The molecule has 3 amide bonds. The zero-order valence-electron chi connectivity index (χ0n) is 17.6. The van der Waals surface area contributed by atoms with E-state index in [1.807, 2.05) is 0 Å². The van der Waals surface area contributed by atoms with Crippen LogP contribution in [-0.2, 0) is 4.79 Å². The molecule has 0 spiro atoms. The van der Waals surface area contributed by atoms with E-state index < -0.39 is 46.2 Å². The Morgan fingerprint density at radius 2 is 1.59 bits per heavy atom. The van der Waals surface area contributed by atoms with Crippen LogP contribution >= 0.6 is 11.6 Å². The van der Waals surface area contributed by atoms with E-state index in [0.29, 0.717) is 21.8 Å². The molecule has 0 unspecified atom stereocenters. The molecule has 3 aromatic rings. The molecule has 1 fully saturated rings. The van der Waals surface area contributed by atoms with Crippen LogP contribution in [0.2, 0.25) is 5.02 Å². The van der Waals surface area contributed by atoms with Crippen molar-refractivity contribution in [3.63, 3.8) is 0 Å². The molecular weight excluding hydrogens is 465 g/mol. The van der Waals surface area contributed by atoms with E-state index in [-0.39, 0.29) is 11.1 Å². The Bertz CT molecular complexity index is 1410. The number of carbonyl (C=O) groups is 3. The number of halogens is 2. The van der Waals surface area contributed by atoms with Crippen LogP contribution < -0.4 is 4.90 Å². The maximum absolute atomic E-state index is 13.6. The van der Waals surface area contributed by atoms with Crippen molar-refractivity contribution in [1.82, 2.24) is 4.90 Å². The number of amides is 3. The quantitative estimate of drug-likeness (QED) is 0.238. The molecule has 170 valence electrons. The molecular formula is C24H15ClFN3O5. The van der Waals surface area contributed by atoms with Gasteiger partial charge in [0.1, 0.15) is 17.4 Å². The third kappa shape index (κ3) is 3.01. The summed E-state index contributed by atoms with van der Waals surface area (Å²) in [6, 6.07) is 12.0. The van der Waals surface area contributed by atoms with Crippen LogP contribution in [0.25, 0.3) is 0 Å². The molecule has 0 saturated carbocycles. The predicted molar refractivity (Wildman–Crippen MR) is 120 cm³/mol. The number of carbonyl (C=O) groups excluding carboxylic acids is 3. The van der Waals surface area contributed by atoms with E-state index >= 15 is 0 Å². The minimum atomic E-state index is -1.27. The van der Waals surface area contributed by atoms with Gasteiger partial charge in [-0.05, 0) is 48.4 Å². The Morgan fingerprint density at radius 1 is 0.912 bits per heavy atom. The van der Waals surface area contributed by atoms with Crippen molar-refractivity contribution >= 4 is 40.7 Å². The van der Waals surface area contributed by atoms with Crippen molar-refractivity contribution < 1.29 is 23.7 Å². The predicted octanol–water partition coefficient (Wildman–Crippen LogP) is 4.45. The number of rotatable bonds is 4. The molecule has 3 aromatic carbocycles. The standard InChI is InChI=1S/C24H15ClFN3O5/c1-12-16(25)5-3-6-17(12)27-20(13-8-10-14(26)11-9-13)21(24(27)32)28-22(30)15-4-2-7-18(29(33)34)19(15)23(28)31/h2-11,20-21H,1H3/t20-,21-/m1/s1. The van der Waals surface area contributed by atoms with Gasteiger partial charge in [0.25, 0.3) is 23.4 Å². The summed E-state index contributed by atoms with van der Waals surface area (Å²) in [6.45, 7) is 1.73. The third-order valence-corrected chi connectivity index (χ3v) is 6.59. The Kier molecular flexibility index (Phi) is 4.94. The number of hydrogen-bond donors (Lipinski definition) is 0. The molecule has 2 atom stereocenters. The Hall–Kier alpha value is -4.11. The van der Waals surface area contributed by atoms with E-state index in [9.17, 15) is 28.9 Å². The summed E-state index contributed by atoms with van der Waals surface area (Å²) in [5.41, 5.74) is 0.581. The van der Waals surface area contributed by atoms with Gasteiger partial charge in [-0.3, -0.25) is 29.4 Å². The maximum Gasteiger partial charge on any atom is 0.282 e. The van der Waals surface area contributed by atoms with Gasteiger partial charge in [-0.2, -0.15) is 0 Å². The highest BCUT2D eigenvalue weighted by Crippen LogP contribution is 2.46. The number of benzene rings is 3. The fraction of sp³-hybridized carbons (Fsp3) is 0.125. The lowest BCUT2D eigenvalue weighted by molar-refractivity contribution is -0.385. The SMILES string of the molecule is Cc1c(Cl)cccc1N1C(=O)[C@H](N2C(=O)c3cccc([N+](=O)[O-])c3C2=O)[C@H]1c1ccc(F)cc1. The topological polar surface area (TPSA) is 101 Å². The van der Waals surface area contributed by atoms with Gasteiger partial charge in [0.2, 0.25) is 0 Å². The number of anilines is 1. The van der Waals surface area contributed by atoms with Crippen molar-refractivity contribution in [2.45, 2.75) is 19.0 Å². The fourth-order valence-electron chi connectivity index (χ4n) is 4.53. The number of nitro benzene ring substituents is 1. The lowest BCUT2D eigenvalue weighted by Crippen LogP contribution is -2.67. The second kappa shape index (κ2) is 7.74. The molecule has 0 aromatic heterocycles. The van der Waals surface area contributed by atoms with E-state index in [1.54, 1.807) is 25.1 Å². The van der Waals surface area contributed by atoms with Crippen LogP contribution in [0.1, 0.15) is 37.9 Å². The highest BCUT2D eigenvalue weighted by atomic mass is 35.5. The smallest absolute Gasteiger partial charge is 0.282 e. The lowest BCUT2D eigenvalue weighted by Gasteiger charge is -2.50. The summed E-state index contributed by atoms with van der Waals surface area (Å²) in [5, 5.41) is 11.9. The van der Waals surface area contributed by atoms with Gasteiger partial charge < -0.3 is 4.90 Å². The zero-order chi connectivity index (χ0) is 24.3. The van der Waals surface area contributed by atoms with E-state index in [2.05, 4.69) is 0 Å². The van der Waals surface area contributed by atoms with E-state index in [1.165, 1.54) is 41.3 Å². The summed E-state index contributed by atoms with van der Waals surface area (Å²) < 4.78 is 13.6. The first-order chi connectivity index (χ1) is 16.2. The molecule has 8 nitrogen and oxygen atoms in total. The van der Waals surface area contributed by atoms with Gasteiger partial charge in [-0.25, -0.2) is 4.39 Å². The van der Waals surface area contributed by atoms with Gasteiger partial charge in [0, 0.05) is 16.8 Å². The van der Waals surface area contributed by atoms with Crippen molar-refractivity contribution in [1.29, 1.82) is 0 Å². The van der Waals surface area contributed by atoms with Gasteiger partial charge >= 0.3 is 0 Å². The molecule has 0 aliphatic carbocycles. The second-order valence-electron chi connectivity index (χ2n) is 7.97. The average Bonchev–Trinajstić information content (AvgIpc) is 3.06. The molecule has 2 aliphatic heterocycles. The molecule has 10 heteroatoms. The monoisotopic (exact) mass is 479 g/mol. The third-order valence-electron chi connectivity index (χ3n) is 6.18. The van der Waals surface area contributed by atoms with Gasteiger partial charge in [-0.15, -0.1) is 0 Å². The summed E-state index contributed by atoms with van der Waals surface area (Å²) in [5.74, 6) is -2.76. The number of nitro groups is 1. The molecule has 5 rings (SSSR count). The first-order valence-corrected chi connectivity index (χ1v) is 10.6. The highest BCUT2D eigenvalue weighted by molar-refractivity contribution is 6.32. The second-order valence-corrected chi connectivity index (χ2v) is 8.38. The van der Waals surface area contributed by atoms with Crippen LogP contribution in [0.3, 0.4) is 0 Å². The highest BCUT2D eigenvalue weighted by Gasteiger charge is 2.58. The van der Waals surface area contributed by atoms with E-state index in [0.717, 1.165) is 11.0 Å². The van der Waals surface area contributed by atoms with Crippen LogP contribution in [-0.4, -0.2) is 33.6 Å². The van der Waals surface area contributed by atoms with Crippen LogP contribution in [0.5, 0.6) is 0 Å². The first-order valence-electron chi connectivity index (χ1n) is 10.2. The Balaban J connectivity index is 1.63. The van der Waals surface area contributed by atoms with Crippen molar-refractivity contribution in [2.24, 2.45) is 0 Å². The average molecular weight is 480 g/mol. The summed E-state index contributed by atoms with van der Waals surface area (Å²) in [7, 11) is 0. The summed E-state index contributed by atoms with van der Waals surface area (Å²) in [6.07, 6.45) is 0. The summed E-state index contributed by atoms with van der Waals surface area (Å²) >= 11 is 6.25. The molecule has 0 N–H and O–H groups in total. The molecule has 1 saturated heterocycles. The number of nitrogens with zero attached hydrogens (tertiary/aromatic N) is 3. The lowest BCUT2D eigenvalue weighted by atomic mass is 9.85. The maximum atomic E-state index is 13.6. The molecule has 2 aliphatic rings. The summed E-state index contributed by atoms with van der Waals surface area (Å²) in [4.78, 5) is 52.8. The zero-order valence-corrected chi connectivity index (χ0v) is 18.3. The molecule has 0 bridgehead atoms. The van der Waals surface area contributed by atoms with Crippen molar-refractivity contribution in [3.05, 3.63) is 104 Å². The largest absolute Gasteiger partial charge is 0.300 e. The first kappa shape index (κ1) is 21.7. The normalized spacial score (nSPS) is 19.3. The minimum Gasteiger partial charge on any atom is -0.300 e. The van der Waals surface area contributed by atoms with E-state index in [4.69, 9.17) is 11.6 Å². The molecule has 0 radical (unpaired) electrons. The van der Waals surface area contributed by atoms with Crippen LogP contribution in [0.15, 0.2) is 60.7 Å².